The molecular formula is C8H17ClO. The third-order valence-electron chi connectivity index (χ3n) is 1.78. The molecular weight excluding hydrogens is 148 g/mol. The molecule has 0 aromatic rings. The van der Waals surface area contributed by atoms with Crippen molar-refractivity contribution in [2.24, 2.45) is 5.92 Å². The Balaban J connectivity index is 3.31. The molecule has 0 fully saturated rings. The fourth-order valence-electron chi connectivity index (χ4n) is 0.887. The molecule has 0 aromatic heterocycles. The predicted molar refractivity (Wildman–Crippen MR) is 45.6 cm³/mol. The van der Waals surface area contributed by atoms with Gasteiger partial charge in [0.05, 0.1) is 0 Å². The summed E-state index contributed by atoms with van der Waals surface area (Å²) in [5.74, 6) is 0.576. The number of hydrogen-bond donors (Lipinski definition) is 0. The largest absolute Gasteiger partial charge is 0.385 e. The molecule has 2 unspecified atom stereocenters. The molecule has 0 heterocycles. The van der Waals surface area contributed by atoms with Crippen LogP contribution in [-0.4, -0.2) is 19.1 Å². The quantitative estimate of drug-likeness (QED) is 0.568. The zero-order valence-electron chi connectivity index (χ0n) is 7.06. The Morgan fingerprint density at radius 3 is 2.50 bits per heavy atom. The van der Waals surface area contributed by atoms with Crippen LogP contribution in [0.15, 0.2) is 0 Å². The molecule has 0 radical (unpaired) electrons. The minimum atomic E-state index is 0.315. The van der Waals surface area contributed by atoms with Crippen LogP contribution in [0.4, 0.5) is 0 Å². The summed E-state index contributed by atoms with van der Waals surface area (Å²) in [5, 5.41) is 0.315. The number of alkyl halides is 1. The number of ether oxygens (including phenoxy) is 1. The van der Waals surface area contributed by atoms with Crippen molar-refractivity contribution in [3.63, 3.8) is 0 Å². The van der Waals surface area contributed by atoms with Gasteiger partial charge < -0.3 is 4.74 Å². The van der Waals surface area contributed by atoms with Crippen LogP contribution in [0.2, 0.25) is 0 Å². The van der Waals surface area contributed by atoms with Gasteiger partial charge in [0.25, 0.3) is 0 Å². The molecule has 0 N–H and O–H groups in total. The van der Waals surface area contributed by atoms with E-state index < -0.39 is 0 Å². The van der Waals surface area contributed by atoms with E-state index in [1.165, 1.54) is 0 Å². The molecule has 0 bridgehead atoms. The molecule has 0 saturated carbocycles. The number of rotatable bonds is 5. The van der Waals surface area contributed by atoms with Crippen molar-refractivity contribution in [2.45, 2.75) is 32.1 Å². The summed E-state index contributed by atoms with van der Waals surface area (Å²) < 4.78 is 4.95. The molecule has 0 rings (SSSR count). The fraction of sp³-hybridized carbons (Fsp3) is 1.00. The molecule has 1 nitrogen and oxygen atoms in total. The Labute approximate surface area is 68.7 Å². The van der Waals surface area contributed by atoms with E-state index in [4.69, 9.17) is 16.3 Å². The molecule has 0 amide bonds. The topological polar surface area (TPSA) is 9.23 Å². The van der Waals surface area contributed by atoms with Crippen LogP contribution in [0.5, 0.6) is 0 Å². The van der Waals surface area contributed by atoms with Gasteiger partial charge in [0.15, 0.2) is 0 Å². The van der Waals surface area contributed by atoms with Gasteiger partial charge in [0.2, 0.25) is 0 Å². The molecule has 0 aliphatic rings. The second-order valence-corrected chi connectivity index (χ2v) is 3.24. The smallest absolute Gasteiger partial charge is 0.0465 e. The fourth-order valence-corrected chi connectivity index (χ4v) is 1.01. The molecule has 2 heteroatoms. The predicted octanol–water partition coefficient (Wildman–Crippen LogP) is 2.68. The van der Waals surface area contributed by atoms with Gasteiger partial charge >= 0.3 is 0 Å². The minimum absolute atomic E-state index is 0.315. The summed E-state index contributed by atoms with van der Waals surface area (Å²) in [4.78, 5) is 0. The highest BCUT2D eigenvalue weighted by atomic mass is 35.5. The van der Waals surface area contributed by atoms with Crippen molar-refractivity contribution in [2.75, 3.05) is 13.7 Å². The normalized spacial score (nSPS) is 16.8. The third-order valence-corrected chi connectivity index (χ3v) is 2.52. The van der Waals surface area contributed by atoms with Crippen LogP contribution in [0, 0.1) is 5.92 Å². The molecule has 0 spiro atoms. The summed E-state index contributed by atoms with van der Waals surface area (Å²) in [7, 11) is 1.72. The van der Waals surface area contributed by atoms with E-state index in [2.05, 4.69) is 13.8 Å². The van der Waals surface area contributed by atoms with Gasteiger partial charge in [-0.25, -0.2) is 0 Å². The lowest BCUT2D eigenvalue weighted by Crippen LogP contribution is -2.12. The zero-order valence-corrected chi connectivity index (χ0v) is 7.82. The van der Waals surface area contributed by atoms with Gasteiger partial charge in [-0.05, 0) is 18.8 Å². The first-order chi connectivity index (χ1) is 4.72. The van der Waals surface area contributed by atoms with E-state index in [1.54, 1.807) is 7.11 Å². The molecule has 10 heavy (non-hydrogen) atoms. The molecule has 0 aromatic carbocycles. The number of hydrogen-bond acceptors (Lipinski definition) is 1. The van der Waals surface area contributed by atoms with Gasteiger partial charge in [-0.1, -0.05) is 13.8 Å². The van der Waals surface area contributed by atoms with Gasteiger partial charge in [0, 0.05) is 19.1 Å². The summed E-state index contributed by atoms with van der Waals surface area (Å²) in [5.41, 5.74) is 0. The van der Waals surface area contributed by atoms with Gasteiger partial charge in [-0.2, -0.15) is 0 Å². The average Bonchev–Trinajstić information content (AvgIpc) is 1.98. The van der Waals surface area contributed by atoms with Crippen LogP contribution in [-0.2, 0) is 4.74 Å². The Bertz CT molecular complexity index is 75.7. The summed E-state index contributed by atoms with van der Waals surface area (Å²) in [6.45, 7) is 5.10. The van der Waals surface area contributed by atoms with E-state index in [0.29, 0.717) is 11.3 Å². The van der Waals surface area contributed by atoms with Crippen molar-refractivity contribution in [1.29, 1.82) is 0 Å². The highest BCUT2D eigenvalue weighted by Crippen LogP contribution is 2.16. The molecule has 0 saturated heterocycles. The first-order valence-corrected chi connectivity index (χ1v) is 4.29. The van der Waals surface area contributed by atoms with Gasteiger partial charge in [0.1, 0.15) is 0 Å². The standard InChI is InChI=1S/C8H17ClO/c1-4-8(9)7(2)5-6-10-3/h7-8H,4-6H2,1-3H3. The van der Waals surface area contributed by atoms with Crippen molar-refractivity contribution in [3.8, 4) is 0 Å². The molecule has 62 valence electrons. The van der Waals surface area contributed by atoms with Crippen LogP contribution in [0.25, 0.3) is 0 Å². The van der Waals surface area contributed by atoms with E-state index in [9.17, 15) is 0 Å². The highest BCUT2D eigenvalue weighted by Gasteiger charge is 2.10. The summed E-state index contributed by atoms with van der Waals surface area (Å²) in [6, 6.07) is 0. The van der Waals surface area contributed by atoms with Gasteiger partial charge in [-0.15, -0.1) is 11.6 Å². The number of halogens is 1. The van der Waals surface area contributed by atoms with Crippen LogP contribution < -0.4 is 0 Å². The molecule has 0 aliphatic carbocycles. The second kappa shape index (κ2) is 5.99. The average molecular weight is 165 g/mol. The van der Waals surface area contributed by atoms with Crippen molar-refractivity contribution in [3.05, 3.63) is 0 Å². The van der Waals surface area contributed by atoms with Crippen molar-refractivity contribution in [1.82, 2.24) is 0 Å². The maximum absolute atomic E-state index is 6.00. The monoisotopic (exact) mass is 164 g/mol. The van der Waals surface area contributed by atoms with Crippen LogP contribution in [0.3, 0.4) is 0 Å². The Hall–Kier alpha value is 0.250. The van der Waals surface area contributed by atoms with Crippen molar-refractivity contribution >= 4 is 11.6 Å². The Morgan fingerprint density at radius 2 is 2.10 bits per heavy atom. The maximum Gasteiger partial charge on any atom is 0.0465 e. The zero-order chi connectivity index (χ0) is 7.98. The number of methoxy groups -OCH3 is 1. The minimum Gasteiger partial charge on any atom is -0.385 e. The van der Waals surface area contributed by atoms with E-state index in [-0.39, 0.29) is 0 Å². The Morgan fingerprint density at radius 1 is 1.50 bits per heavy atom. The molecule has 0 aliphatic heterocycles. The third kappa shape index (κ3) is 4.13. The summed E-state index contributed by atoms with van der Waals surface area (Å²) >= 11 is 6.00. The highest BCUT2D eigenvalue weighted by molar-refractivity contribution is 6.20. The van der Waals surface area contributed by atoms with Crippen LogP contribution in [0.1, 0.15) is 26.7 Å². The lowest BCUT2D eigenvalue weighted by atomic mass is 10.0. The SMILES string of the molecule is CCC(Cl)C(C)CCOC. The van der Waals surface area contributed by atoms with Crippen LogP contribution >= 0.6 is 11.6 Å². The van der Waals surface area contributed by atoms with E-state index >= 15 is 0 Å². The summed E-state index contributed by atoms with van der Waals surface area (Å²) in [6.07, 6.45) is 2.12. The maximum atomic E-state index is 6.00. The van der Waals surface area contributed by atoms with Gasteiger partial charge in [-0.3, -0.25) is 0 Å². The second-order valence-electron chi connectivity index (χ2n) is 2.68. The van der Waals surface area contributed by atoms with Crippen molar-refractivity contribution < 1.29 is 4.74 Å². The first-order valence-electron chi connectivity index (χ1n) is 3.85. The lowest BCUT2D eigenvalue weighted by Gasteiger charge is -2.14. The first kappa shape index (κ1) is 10.2. The molecule has 2 atom stereocenters. The van der Waals surface area contributed by atoms with E-state index in [1.807, 2.05) is 0 Å². The lowest BCUT2D eigenvalue weighted by molar-refractivity contribution is 0.179. The Kier molecular flexibility index (Phi) is 6.14. The van der Waals surface area contributed by atoms with E-state index in [0.717, 1.165) is 19.4 Å².